The molecule has 1 N–H and O–H groups in total. The highest BCUT2D eigenvalue weighted by Gasteiger charge is 2.38. The first-order valence-electron chi connectivity index (χ1n) is 11.6. The van der Waals surface area contributed by atoms with Crippen LogP contribution in [-0.4, -0.2) is 40.6 Å². The summed E-state index contributed by atoms with van der Waals surface area (Å²) in [5, 5.41) is 2.94. The van der Waals surface area contributed by atoms with E-state index in [-0.39, 0.29) is 12.5 Å². The first-order chi connectivity index (χ1) is 16.2. The molecule has 1 aliphatic heterocycles. The highest BCUT2D eigenvalue weighted by atomic mass is 79.9. The second-order valence-electron chi connectivity index (χ2n) is 10.6. The largest absolute Gasteiger partial charge is 0.456 e. The molecule has 2 aromatic carbocycles. The molecule has 2 amide bonds. The van der Waals surface area contributed by atoms with Gasteiger partial charge in [0.1, 0.15) is 17.2 Å². The van der Waals surface area contributed by atoms with Gasteiger partial charge < -0.3 is 14.8 Å². The number of carbonyl (C=O) groups excluding carboxylic acids is 3. The molecule has 3 rings (SSSR count). The lowest BCUT2D eigenvalue weighted by Crippen LogP contribution is -2.48. The van der Waals surface area contributed by atoms with E-state index in [1.807, 2.05) is 39.0 Å². The molecule has 1 heterocycles. The van der Waals surface area contributed by atoms with E-state index in [4.69, 9.17) is 9.47 Å². The van der Waals surface area contributed by atoms with Crippen molar-refractivity contribution in [3.63, 3.8) is 0 Å². The van der Waals surface area contributed by atoms with E-state index in [0.29, 0.717) is 18.5 Å². The van der Waals surface area contributed by atoms with Gasteiger partial charge in [-0.2, -0.15) is 0 Å². The van der Waals surface area contributed by atoms with Gasteiger partial charge in [0, 0.05) is 17.6 Å². The summed E-state index contributed by atoms with van der Waals surface area (Å²) in [5.41, 5.74) is 1.79. The second kappa shape index (κ2) is 10.4. The van der Waals surface area contributed by atoms with Gasteiger partial charge in [0.25, 0.3) is 0 Å². The zero-order valence-corrected chi connectivity index (χ0v) is 22.7. The minimum atomic E-state index is -0.813. The van der Waals surface area contributed by atoms with Crippen LogP contribution in [0.2, 0.25) is 0 Å². The molecule has 0 aliphatic carbocycles. The maximum absolute atomic E-state index is 13.4. The van der Waals surface area contributed by atoms with Crippen molar-refractivity contribution >= 4 is 33.9 Å². The van der Waals surface area contributed by atoms with Crippen molar-refractivity contribution in [1.82, 2.24) is 10.2 Å². The van der Waals surface area contributed by atoms with Gasteiger partial charge in [0.05, 0.1) is 5.56 Å². The van der Waals surface area contributed by atoms with E-state index in [9.17, 15) is 14.4 Å². The first-order valence-corrected chi connectivity index (χ1v) is 12.4. The van der Waals surface area contributed by atoms with E-state index in [0.717, 1.165) is 21.2 Å². The quantitative estimate of drug-likeness (QED) is 0.509. The van der Waals surface area contributed by atoms with Crippen LogP contribution < -0.4 is 5.32 Å². The Morgan fingerprint density at radius 1 is 0.971 bits per heavy atom. The lowest BCUT2D eigenvalue weighted by atomic mass is 9.92. The van der Waals surface area contributed by atoms with Crippen LogP contribution in [0, 0.1) is 0 Å². The number of rotatable bonds is 4. The standard InChI is InChI=1S/C27H33BrN2O5/c1-26(2,3)34-24(32)18-12-10-17(11-13-18)16-29-23(31)22-20-8-7-9-21(28)19(20)14-15-30(22)25(33)35-27(4,5)6/h7-13,22H,14-16H2,1-6H3,(H,29,31). The summed E-state index contributed by atoms with van der Waals surface area (Å²) in [4.78, 5) is 40.1. The molecule has 188 valence electrons. The monoisotopic (exact) mass is 544 g/mol. The van der Waals surface area contributed by atoms with Crippen molar-refractivity contribution in [3.8, 4) is 0 Å². The minimum absolute atomic E-state index is 0.245. The lowest BCUT2D eigenvalue weighted by molar-refractivity contribution is -0.127. The Hall–Kier alpha value is -2.87. The van der Waals surface area contributed by atoms with E-state index in [1.165, 1.54) is 4.90 Å². The maximum Gasteiger partial charge on any atom is 0.411 e. The Morgan fingerprint density at radius 3 is 2.20 bits per heavy atom. The molecule has 8 heteroatoms. The number of fused-ring (bicyclic) bond motifs is 1. The molecule has 2 aromatic rings. The first kappa shape index (κ1) is 26.7. The van der Waals surface area contributed by atoms with Crippen LogP contribution in [0.4, 0.5) is 4.79 Å². The third-order valence-corrected chi connectivity index (χ3v) is 6.04. The van der Waals surface area contributed by atoms with Crippen LogP contribution in [0.3, 0.4) is 0 Å². The molecule has 1 atom stereocenters. The third kappa shape index (κ3) is 7.07. The summed E-state index contributed by atoms with van der Waals surface area (Å²) in [7, 11) is 0. The number of halogens is 1. The number of benzene rings is 2. The number of hydrogen-bond donors (Lipinski definition) is 1. The fraction of sp³-hybridized carbons (Fsp3) is 0.444. The highest BCUT2D eigenvalue weighted by molar-refractivity contribution is 9.10. The fourth-order valence-corrected chi connectivity index (χ4v) is 4.39. The molecule has 0 bridgehead atoms. The van der Waals surface area contributed by atoms with Gasteiger partial charge in [0.15, 0.2) is 0 Å². The summed E-state index contributed by atoms with van der Waals surface area (Å²) < 4.78 is 11.9. The fourth-order valence-electron chi connectivity index (χ4n) is 3.81. The van der Waals surface area contributed by atoms with Crippen molar-refractivity contribution in [1.29, 1.82) is 0 Å². The van der Waals surface area contributed by atoms with Crippen molar-refractivity contribution in [2.45, 2.75) is 71.8 Å². The molecule has 1 aliphatic rings. The number of ether oxygens (including phenoxy) is 2. The summed E-state index contributed by atoms with van der Waals surface area (Å²) in [5.74, 6) is -0.698. The molecule has 0 saturated carbocycles. The summed E-state index contributed by atoms with van der Waals surface area (Å²) in [6.45, 7) is 11.5. The number of esters is 1. The zero-order chi connectivity index (χ0) is 26.0. The van der Waals surface area contributed by atoms with Crippen molar-refractivity contribution < 1.29 is 23.9 Å². The molecule has 0 radical (unpaired) electrons. The van der Waals surface area contributed by atoms with Gasteiger partial charge in [0.2, 0.25) is 5.91 Å². The van der Waals surface area contributed by atoms with Crippen molar-refractivity contribution in [3.05, 3.63) is 69.2 Å². The van der Waals surface area contributed by atoms with Gasteiger partial charge >= 0.3 is 12.1 Å². The summed E-state index contributed by atoms with van der Waals surface area (Å²) in [6, 6.07) is 11.8. The van der Waals surface area contributed by atoms with E-state index < -0.39 is 29.3 Å². The molecule has 0 spiro atoms. The molecule has 35 heavy (non-hydrogen) atoms. The molecule has 0 fully saturated rings. The second-order valence-corrected chi connectivity index (χ2v) is 11.4. The zero-order valence-electron chi connectivity index (χ0n) is 21.1. The van der Waals surface area contributed by atoms with Crippen LogP contribution in [-0.2, 0) is 27.2 Å². The van der Waals surface area contributed by atoms with Gasteiger partial charge in [-0.25, -0.2) is 9.59 Å². The lowest BCUT2D eigenvalue weighted by Gasteiger charge is -2.37. The molecule has 1 unspecified atom stereocenters. The average Bonchev–Trinajstić information content (AvgIpc) is 2.75. The van der Waals surface area contributed by atoms with E-state index in [2.05, 4.69) is 21.2 Å². The molecular formula is C27H33BrN2O5. The predicted octanol–water partition coefficient (Wildman–Crippen LogP) is 5.56. The normalized spacial score (nSPS) is 15.7. The number of nitrogens with one attached hydrogen (secondary N) is 1. The Balaban J connectivity index is 1.77. The number of hydrogen-bond acceptors (Lipinski definition) is 5. The van der Waals surface area contributed by atoms with Crippen LogP contribution in [0.1, 0.15) is 74.6 Å². The molecule has 7 nitrogen and oxygen atoms in total. The Bertz CT molecular complexity index is 1100. The van der Waals surface area contributed by atoms with Crippen molar-refractivity contribution in [2.75, 3.05) is 6.54 Å². The minimum Gasteiger partial charge on any atom is -0.456 e. The summed E-state index contributed by atoms with van der Waals surface area (Å²) in [6.07, 6.45) is 0.0938. The molecule has 0 saturated heterocycles. The Morgan fingerprint density at radius 2 is 1.60 bits per heavy atom. The smallest absolute Gasteiger partial charge is 0.411 e. The topological polar surface area (TPSA) is 84.9 Å². The SMILES string of the molecule is CC(C)(C)OC(=O)c1ccc(CNC(=O)C2c3cccc(Br)c3CCN2C(=O)OC(C)(C)C)cc1. The number of carbonyl (C=O) groups is 3. The van der Waals surface area contributed by atoms with Gasteiger partial charge in [-0.15, -0.1) is 0 Å². The van der Waals surface area contributed by atoms with Gasteiger partial charge in [-0.1, -0.05) is 40.2 Å². The number of amides is 2. The Labute approximate surface area is 215 Å². The predicted molar refractivity (Wildman–Crippen MR) is 137 cm³/mol. The maximum atomic E-state index is 13.4. The average molecular weight is 545 g/mol. The highest BCUT2D eigenvalue weighted by Crippen LogP contribution is 2.35. The summed E-state index contributed by atoms with van der Waals surface area (Å²) >= 11 is 3.57. The molecular weight excluding hydrogens is 512 g/mol. The van der Waals surface area contributed by atoms with Crippen LogP contribution in [0.5, 0.6) is 0 Å². The number of nitrogens with zero attached hydrogens (tertiary/aromatic N) is 1. The van der Waals surface area contributed by atoms with Crippen LogP contribution in [0.25, 0.3) is 0 Å². The van der Waals surface area contributed by atoms with E-state index >= 15 is 0 Å². The van der Waals surface area contributed by atoms with Gasteiger partial charge in [-0.3, -0.25) is 9.69 Å². The molecule has 0 aromatic heterocycles. The van der Waals surface area contributed by atoms with Gasteiger partial charge in [-0.05, 0) is 82.9 Å². The van der Waals surface area contributed by atoms with Crippen LogP contribution >= 0.6 is 15.9 Å². The van der Waals surface area contributed by atoms with E-state index in [1.54, 1.807) is 45.0 Å². The van der Waals surface area contributed by atoms with Crippen molar-refractivity contribution in [2.24, 2.45) is 0 Å². The third-order valence-electron chi connectivity index (χ3n) is 5.30. The van der Waals surface area contributed by atoms with Crippen LogP contribution in [0.15, 0.2) is 46.9 Å². The Kier molecular flexibility index (Phi) is 7.94.